The molecule has 0 radical (unpaired) electrons. The third kappa shape index (κ3) is 1.54. The van der Waals surface area contributed by atoms with E-state index in [1.165, 1.54) is 35.5 Å². The van der Waals surface area contributed by atoms with E-state index in [1.807, 2.05) is 6.92 Å². The maximum atomic E-state index is 11.6. The lowest BCUT2D eigenvalue weighted by atomic mass is 10.1. The van der Waals surface area contributed by atoms with E-state index in [2.05, 4.69) is 0 Å². The largest absolute Gasteiger partial charge is 0.477 e. The first-order chi connectivity index (χ1) is 7.61. The van der Waals surface area contributed by atoms with Crippen LogP contribution in [0.2, 0.25) is 0 Å². The number of carbonyl (C=O) groups is 2. The van der Waals surface area contributed by atoms with E-state index in [0.717, 1.165) is 5.75 Å². The van der Waals surface area contributed by atoms with Crippen molar-refractivity contribution in [3.8, 4) is 0 Å². The molecule has 0 saturated carbocycles. The number of hydrogen-bond acceptors (Lipinski definition) is 5. The average molecular weight is 261 g/mol. The number of aliphatic carboxylic acids is 1. The molecule has 1 saturated heterocycles. The van der Waals surface area contributed by atoms with Gasteiger partial charge in [-0.15, -0.1) is 11.8 Å². The maximum absolute atomic E-state index is 11.6. The van der Waals surface area contributed by atoms with Gasteiger partial charge in [0.15, 0.2) is 11.8 Å². The van der Waals surface area contributed by atoms with Crippen LogP contribution in [0, 0.1) is 0 Å². The second-order valence-electron chi connectivity index (χ2n) is 3.25. The number of fused-ring (bicyclic) bond motifs is 1. The summed E-state index contributed by atoms with van der Waals surface area (Å²) in [5.74, 6) is -0.524. The van der Waals surface area contributed by atoms with Crippen LogP contribution in [0.5, 0.6) is 0 Å². The molecule has 0 aromatic carbocycles. The molecule has 0 aromatic heterocycles. The first-order valence-corrected chi connectivity index (χ1v) is 6.61. The molecule has 0 unspecified atom stereocenters. The lowest BCUT2D eigenvalue weighted by Crippen LogP contribution is -2.61. The molecule has 1 amide bonds. The van der Waals surface area contributed by atoms with Crippen molar-refractivity contribution in [2.24, 2.45) is 0 Å². The predicted molar refractivity (Wildman–Crippen MR) is 61.8 cm³/mol. The van der Waals surface area contributed by atoms with Crippen LogP contribution in [-0.2, 0) is 14.3 Å². The summed E-state index contributed by atoms with van der Waals surface area (Å²) in [6.45, 7) is 1.95. The molecule has 7 heteroatoms. The highest BCUT2D eigenvalue weighted by Gasteiger charge is 2.56. The molecule has 0 spiro atoms. The minimum absolute atomic E-state index is 0.111. The van der Waals surface area contributed by atoms with Gasteiger partial charge in [-0.05, 0) is 5.75 Å². The molecule has 1 fully saturated rings. The van der Waals surface area contributed by atoms with Crippen LogP contribution in [0.15, 0.2) is 9.93 Å². The van der Waals surface area contributed by atoms with Crippen LogP contribution < -0.4 is 0 Å². The Balaban J connectivity index is 2.26. The number of ether oxygens (including phenoxy) is 1. The number of amides is 1. The second-order valence-corrected chi connectivity index (χ2v) is 5.91. The van der Waals surface area contributed by atoms with Crippen molar-refractivity contribution < 1.29 is 19.4 Å². The van der Waals surface area contributed by atoms with Gasteiger partial charge < -0.3 is 9.84 Å². The molecule has 16 heavy (non-hydrogen) atoms. The first kappa shape index (κ1) is 11.8. The molecule has 2 rings (SSSR count). The van der Waals surface area contributed by atoms with Crippen molar-refractivity contribution in [2.75, 3.05) is 12.9 Å². The first-order valence-electron chi connectivity index (χ1n) is 4.74. The van der Waals surface area contributed by atoms with E-state index in [0.29, 0.717) is 4.24 Å². The number of carboxylic acids is 1. The minimum Gasteiger partial charge on any atom is -0.477 e. The lowest BCUT2D eigenvalue weighted by molar-refractivity contribution is -0.161. The van der Waals surface area contributed by atoms with E-state index in [-0.39, 0.29) is 17.0 Å². The maximum Gasteiger partial charge on any atom is 0.354 e. The molecular formula is C9H11NO4S2. The van der Waals surface area contributed by atoms with Crippen LogP contribution in [0.4, 0.5) is 0 Å². The van der Waals surface area contributed by atoms with Gasteiger partial charge in [0.2, 0.25) is 0 Å². The molecule has 88 valence electrons. The summed E-state index contributed by atoms with van der Waals surface area (Å²) in [6.07, 6.45) is -0.505. The molecule has 0 bridgehead atoms. The minimum atomic E-state index is -1.05. The summed E-state index contributed by atoms with van der Waals surface area (Å²) in [6, 6.07) is 0. The Morgan fingerprint density at radius 1 is 1.69 bits per heavy atom. The predicted octanol–water partition coefficient (Wildman–Crippen LogP) is 0.923. The van der Waals surface area contributed by atoms with Gasteiger partial charge in [0.1, 0.15) is 5.37 Å². The Bertz CT molecular complexity index is 382. The van der Waals surface area contributed by atoms with E-state index < -0.39 is 12.1 Å². The zero-order valence-corrected chi connectivity index (χ0v) is 10.4. The summed E-state index contributed by atoms with van der Waals surface area (Å²) in [4.78, 5) is 24.0. The van der Waals surface area contributed by atoms with E-state index in [4.69, 9.17) is 9.84 Å². The standard InChI is InChI=1S/C9H11NO4S2/c1-3-15-9-4(8(12)13)10-6(11)5(14-2)7(10)16-9/h5,7H,3H2,1-2H3,(H,12,13)/t5-,7+/m0/s1. The zero-order valence-electron chi connectivity index (χ0n) is 8.80. The fraction of sp³-hybridized carbons (Fsp3) is 0.556. The molecule has 0 aromatic rings. The smallest absolute Gasteiger partial charge is 0.354 e. The highest BCUT2D eigenvalue weighted by Crippen LogP contribution is 2.51. The molecule has 2 aliphatic rings. The Kier molecular flexibility index (Phi) is 3.18. The Hall–Kier alpha value is -0.660. The third-order valence-electron chi connectivity index (χ3n) is 2.39. The van der Waals surface area contributed by atoms with E-state index >= 15 is 0 Å². The number of methoxy groups -OCH3 is 1. The van der Waals surface area contributed by atoms with Crippen LogP contribution in [0.1, 0.15) is 6.92 Å². The molecule has 5 nitrogen and oxygen atoms in total. The fourth-order valence-corrected chi connectivity index (χ4v) is 4.38. The number of carboxylic acid groups (broad SMARTS) is 1. The fourth-order valence-electron chi connectivity index (χ4n) is 1.69. The number of thioether (sulfide) groups is 2. The highest BCUT2D eigenvalue weighted by molar-refractivity contribution is 8.22. The van der Waals surface area contributed by atoms with Crippen molar-refractivity contribution in [2.45, 2.75) is 18.4 Å². The van der Waals surface area contributed by atoms with Gasteiger partial charge in [-0.25, -0.2) is 4.79 Å². The number of β-lactam (4-membered cyclic amide) rings is 1. The molecule has 2 atom stereocenters. The number of hydrogen-bond donors (Lipinski definition) is 1. The summed E-state index contributed by atoms with van der Waals surface area (Å²) >= 11 is 2.85. The normalized spacial score (nSPS) is 28.1. The Morgan fingerprint density at radius 2 is 2.38 bits per heavy atom. The lowest BCUT2D eigenvalue weighted by Gasteiger charge is -2.40. The van der Waals surface area contributed by atoms with Crippen molar-refractivity contribution >= 4 is 35.4 Å². The summed E-state index contributed by atoms with van der Waals surface area (Å²) in [5, 5.41) is 8.89. The van der Waals surface area contributed by atoms with Crippen molar-refractivity contribution in [3.63, 3.8) is 0 Å². The monoisotopic (exact) mass is 261 g/mol. The van der Waals surface area contributed by atoms with Crippen molar-refractivity contribution in [1.82, 2.24) is 4.90 Å². The van der Waals surface area contributed by atoms with Gasteiger partial charge in [-0.3, -0.25) is 9.69 Å². The molecule has 1 N–H and O–H groups in total. The van der Waals surface area contributed by atoms with Crippen LogP contribution >= 0.6 is 23.5 Å². The molecular weight excluding hydrogens is 250 g/mol. The van der Waals surface area contributed by atoms with Gasteiger partial charge >= 0.3 is 5.97 Å². The van der Waals surface area contributed by atoms with Crippen LogP contribution in [0.25, 0.3) is 0 Å². The summed E-state index contributed by atoms with van der Waals surface area (Å²) < 4.78 is 5.73. The average Bonchev–Trinajstić information content (AvgIpc) is 2.55. The van der Waals surface area contributed by atoms with Crippen LogP contribution in [0.3, 0.4) is 0 Å². The van der Waals surface area contributed by atoms with Gasteiger partial charge in [0.05, 0.1) is 4.24 Å². The third-order valence-corrected chi connectivity index (χ3v) is 4.88. The van der Waals surface area contributed by atoms with E-state index in [9.17, 15) is 9.59 Å². The SMILES string of the molecule is CCSC1=C(C(=O)O)N2C(=O)[C@H](OC)[C@H]2S1. The van der Waals surface area contributed by atoms with E-state index in [1.54, 1.807) is 0 Å². The Morgan fingerprint density at radius 3 is 2.88 bits per heavy atom. The number of nitrogens with zero attached hydrogens (tertiary/aromatic N) is 1. The molecule has 0 aliphatic carbocycles. The van der Waals surface area contributed by atoms with Gasteiger partial charge in [0.25, 0.3) is 5.91 Å². The second kappa shape index (κ2) is 4.31. The summed E-state index contributed by atoms with van der Waals surface area (Å²) in [5.41, 5.74) is 0.111. The zero-order chi connectivity index (χ0) is 11.9. The Labute approximate surface area is 101 Å². The van der Waals surface area contributed by atoms with Gasteiger partial charge in [-0.2, -0.15) is 0 Å². The quantitative estimate of drug-likeness (QED) is 0.759. The van der Waals surface area contributed by atoms with Crippen LogP contribution in [-0.4, -0.2) is 46.2 Å². The number of rotatable bonds is 4. The van der Waals surface area contributed by atoms with Crippen molar-refractivity contribution in [3.05, 3.63) is 9.93 Å². The number of carbonyl (C=O) groups excluding carboxylic acids is 1. The van der Waals surface area contributed by atoms with Gasteiger partial charge in [0, 0.05) is 7.11 Å². The topological polar surface area (TPSA) is 66.8 Å². The highest BCUT2D eigenvalue weighted by atomic mass is 32.2. The molecule has 2 heterocycles. The van der Waals surface area contributed by atoms with Crippen molar-refractivity contribution in [1.29, 1.82) is 0 Å². The molecule has 2 aliphatic heterocycles. The van der Waals surface area contributed by atoms with Gasteiger partial charge in [-0.1, -0.05) is 18.7 Å². The summed E-state index contributed by atoms with van der Waals surface area (Å²) in [7, 11) is 1.46.